The van der Waals surface area contributed by atoms with Crippen molar-refractivity contribution in [2.75, 3.05) is 12.3 Å². The summed E-state index contributed by atoms with van der Waals surface area (Å²) in [5.74, 6) is 0. The summed E-state index contributed by atoms with van der Waals surface area (Å²) in [6, 6.07) is 0. The first-order valence-electron chi connectivity index (χ1n) is 3.54. The SMILES string of the molecule is CC(C)OP1(=O)CC=CC1. The maximum Gasteiger partial charge on any atom is 0.210 e. The molecule has 0 amide bonds. The van der Waals surface area contributed by atoms with E-state index in [2.05, 4.69) is 0 Å². The minimum atomic E-state index is -2.24. The lowest BCUT2D eigenvalue weighted by atomic mass is 10.5. The predicted molar refractivity (Wildman–Crippen MR) is 42.7 cm³/mol. The van der Waals surface area contributed by atoms with Crippen LogP contribution in [0.25, 0.3) is 0 Å². The largest absolute Gasteiger partial charge is 0.325 e. The first kappa shape index (κ1) is 8.03. The number of hydrogen-bond acceptors (Lipinski definition) is 2. The van der Waals surface area contributed by atoms with Gasteiger partial charge in [0, 0.05) is 12.3 Å². The van der Waals surface area contributed by atoms with Crippen molar-refractivity contribution in [2.24, 2.45) is 0 Å². The van der Waals surface area contributed by atoms with Crippen molar-refractivity contribution < 1.29 is 9.09 Å². The van der Waals surface area contributed by atoms with Gasteiger partial charge in [0.25, 0.3) is 0 Å². The fourth-order valence-electron chi connectivity index (χ4n) is 1.02. The summed E-state index contributed by atoms with van der Waals surface area (Å²) in [6.07, 6.45) is 5.22. The predicted octanol–water partition coefficient (Wildman–Crippen LogP) is 2.26. The van der Waals surface area contributed by atoms with E-state index in [1.807, 2.05) is 26.0 Å². The van der Waals surface area contributed by atoms with Crippen LogP contribution in [0.5, 0.6) is 0 Å². The molecule has 3 heteroatoms. The van der Waals surface area contributed by atoms with Gasteiger partial charge in [-0.3, -0.25) is 4.57 Å². The van der Waals surface area contributed by atoms with E-state index >= 15 is 0 Å². The molecule has 0 spiro atoms. The van der Waals surface area contributed by atoms with E-state index < -0.39 is 7.37 Å². The van der Waals surface area contributed by atoms with Crippen LogP contribution in [-0.2, 0) is 9.09 Å². The van der Waals surface area contributed by atoms with Crippen molar-refractivity contribution in [3.8, 4) is 0 Å². The Labute approximate surface area is 61.7 Å². The van der Waals surface area contributed by atoms with Gasteiger partial charge < -0.3 is 4.52 Å². The van der Waals surface area contributed by atoms with Crippen LogP contribution in [0.3, 0.4) is 0 Å². The second kappa shape index (κ2) is 2.89. The Morgan fingerprint density at radius 1 is 1.40 bits per heavy atom. The lowest BCUT2D eigenvalue weighted by molar-refractivity contribution is 0.247. The van der Waals surface area contributed by atoms with Crippen molar-refractivity contribution in [3.63, 3.8) is 0 Å². The molecule has 0 unspecified atom stereocenters. The molecule has 0 aliphatic carbocycles. The fraction of sp³-hybridized carbons (Fsp3) is 0.714. The molecule has 0 saturated carbocycles. The molecular weight excluding hydrogens is 147 g/mol. The summed E-state index contributed by atoms with van der Waals surface area (Å²) in [4.78, 5) is 0. The lowest BCUT2D eigenvalue weighted by Crippen LogP contribution is -2.01. The minimum absolute atomic E-state index is 0.0886. The third-order valence-corrected chi connectivity index (χ3v) is 3.68. The van der Waals surface area contributed by atoms with Gasteiger partial charge in [-0.15, -0.1) is 0 Å². The fourth-order valence-corrected chi connectivity index (χ4v) is 3.05. The second-order valence-electron chi connectivity index (χ2n) is 2.81. The Bertz CT molecular complexity index is 172. The van der Waals surface area contributed by atoms with E-state index in [9.17, 15) is 4.57 Å². The van der Waals surface area contributed by atoms with Gasteiger partial charge in [0.1, 0.15) is 0 Å². The maximum atomic E-state index is 11.5. The molecule has 0 fully saturated rings. The zero-order valence-corrected chi connectivity index (χ0v) is 7.30. The highest BCUT2D eigenvalue weighted by Crippen LogP contribution is 2.50. The van der Waals surface area contributed by atoms with Crippen LogP contribution < -0.4 is 0 Å². The number of rotatable bonds is 2. The molecule has 0 saturated heterocycles. The summed E-state index contributed by atoms with van der Waals surface area (Å²) >= 11 is 0. The van der Waals surface area contributed by atoms with Crippen LogP contribution in [-0.4, -0.2) is 18.4 Å². The molecule has 58 valence electrons. The Kier molecular flexibility index (Phi) is 2.32. The Morgan fingerprint density at radius 3 is 2.30 bits per heavy atom. The summed E-state index contributed by atoms with van der Waals surface area (Å²) < 4.78 is 16.8. The lowest BCUT2D eigenvalue weighted by Gasteiger charge is -2.14. The van der Waals surface area contributed by atoms with Crippen LogP contribution in [0.1, 0.15) is 13.8 Å². The topological polar surface area (TPSA) is 26.3 Å². The highest BCUT2D eigenvalue weighted by molar-refractivity contribution is 7.59. The average molecular weight is 160 g/mol. The summed E-state index contributed by atoms with van der Waals surface area (Å²) in [6.45, 7) is 3.83. The normalized spacial score (nSPS) is 22.3. The Hall–Kier alpha value is -0.0700. The van der Waals surface area contributed by atoms with E-state index in [0.717, 1.165) is 0 Å². The molecule has 1 aliphatic rings. The van der Waals surface area contributed by atoms with E-state index in [1.165, 1.54) is 0 Å². The minimum Gasteiger partial charge on any atom is -0.325 e. The highest BCUT2D eigenvalue weighted by Gasteiger charge is 2.24. The third kappa shape index (κ3) is 1.96. The van der Waals surface area contributed by atoms with Crippen molar-refractivity contribution >= 4 is 7.37 Å². The van der Waals surface area contributed by atoms with Crippen LogP contribution >= 0.6 is 7.37 Å². The molecule has 0 aromatic heterocycles. The van der Waals surface area contributed by atoms with Gasteiger partial charge in [-0.05, 0) is 13.8 Å². The Balaban J connectivity index is 2.47. The molecule has 0 N–H and O–H groups in total. The third-order valence-electron chi connectivity index (χ3n) is 1.34. The molecule has 2 nitrogen and oxygen atoms in total. The van der Waals surface area contributed by atoms with Crippen LogP contribution in [0, 0.1) is 0 Å². The van der Waals surface area contributed by atoms with Crippen LogP contribution in [0.4, 0.5) is 0 Å². The van der Waals surface area contributed by atoms with Crippen molar-refractivity contribution in [1.82, 2.24) is 0 Å². The molecule has 0 aromatic rings. The van der Waals surface area contributed by atoms with Gasteiger partial charge in [-0.25, -0.2) is 0 Å². The quantitative estimate of drug-likeness (QED) is 0.457. The molecule has 1 aliphatic heterocycles. The average Bonchev–Trinajstić information content (AvgIpc) is 2.12. The number of allylic oxidation sites excluding steroid dienone is 2. The van der Waals surface area contributed by atoms with E-state index in [1.54, 1.807) is 0 Å². The monoisotopic (exact) mass is 160 g/mol. The van der Waals surface area contributed by atoms with Gasteiger partial charge in [-0.1, -0.05) is 12.2 Å². The van der Waals surface area contributed by atoms with Gasteiger partial charge in [0.2, 0.25) is 7.37 Å². The van der Waals surface area contributed by atoms with Crippen molar-refractivity contribution in [1.29, 1.82) is 0 Å². The molecule has 0 atom stereocenters. The zero-order chi connectivity index (χ0) is 7.61. The number of hydrogen-bond donors (Lipinski definition) is 0. The highest BCUT2D eigenvalue weighted by atomic mass is 31.2. The zero-order valence-electron chi connectivity index (χ0n) is 6.41. The first-order chi connectivity index (χ1) is 4.62. The van der Waals surface area contributed by atoms with Gasteiger partial charge in [-0.2, -0.15) is 0 Å². The van der Waals surface area contributed by atoms with Crippen molar-refractivity contribution in [2.45, 2.75) is 20.0 Å². The first-order valence-corrected chi connectivity index (χ1v) is 5.53. The molecular formula is C7H13O2P. The molecule has 0 bridgehead atoms. The summed E-state index contributed by atoms with van der Waals surface area (Å²) in [5.41, 5.74) is 0. The van der Waals surface area contributed by atoms with Gasteiger partial charge >= 0.3 is 0 Å². The van der Waals surface area contributed by atoms with E-state index in [0.29, 0.717) is 12.3 Å². The van der Waals surface area contributed by atoms with Crippen LogP contribution in [0.2, 0.25) is 0 Å². The van der Waals surface area contributed by atoms with Gasteiger partial charge in [0.05, 0.1) is 6.10 Å². The van der Waals surface area contributed by atoms with Gasteiger partial charge in [0.15, 0.2) is 0 Å². The standard InChI is InChI=1S/C7H13O2P/c1-7(2)9-10(8)5-3-4-6-10/h3-4,7H,5-6H2,1-2H3. The van der Waals surface area contributed by atoms with E-state index in [-0.39, 0.29) is 6.10 Å². The molecule has 1 rings (SSSR count). The van der Waals surface area contributed by atoms with Crippen LogP contribution in [0.15, 0.2) is 12.2 Å². The second-order valence-corrected chi connectivity index (χ2v) is 5.38. The summed E-state index contributed by atoms with van der Waals surface area (Å²) in [5, 5.41) is 0. The Morgan fingerprint density at radius 2 is 1.90 bits per heavy atom. The smallest absolute Gasteiger partial charge is 0.210 e. The molecule has 1 heterocycles. The molecule has 0 aromatic carbocycles. The molecule has 0 radical (unpaired) electrons. The van der Waals surface area contributed by atoms with Crippen molar-refractivity contribution in [3.05, 3.63) is 12.2 Å². The summed E-state index contributed by atoms with van der Waals surface area (Å²) in [7, 11) is -2.24. The maximum absolute atomic E-state index is 11.5. The molecule has 10 heavy (non-hydrogen) atoms. The van der Waals surface area contributed by atoms with E-state index in [4.69, 9.17) is 4.52 Å².